The summed E-state index contributed by atoms with van der Waals surface area (Å²) >= 11 is 5.17. The monoisotopic (exact) mass is 197 g/mol. The minimum atomic E-state index is 0.708. The van der Waals surface area contributed by atoms with Gasteiger partial charge in [-0.15, -0.1) is 0 Å². The molecule has 3 fully saturated rings. The van der Waals surface area contributed by atoms with Crippen LogP contribution in [-0.4, -0.2) is 29.8 Å². The van der Waals surface area contributed by atoms with Gasteiger partial charge in [0.1, 0.15) is 0 Å². The second-order valence-electron chi connectivity index (χ2n) is 4.68. The average molecular weight is 197 g/mol. The molecule has 0 N–H and O–H groups in total. The van der Waals surface area contributed by atoms with Crippen molar-refractivity contribution in [2.75, 3.05) is 13.7 Å². The first-order valence-electron chi connectivity index (χ1n) is 5.17. The Morgan fingerprint density at radius 2 is 2.15 bits per heavy atom. The van der Waals surface area contributed by atoms with Crippen LogP contribution in [0.2, 0.25) is 0 Å². The molecule has 0 amide bonds. The molecule has 1 aliphatic heterocycles. The number of fused-ring (bicyclic) bond motifs is 5. The largest absolute Gasteiger partial charge is 0.471 e. The fraction of sp³-hybridized carbons (Fsp3) is 0.900. The van der Waals surface area contributed by atoms with E-state index in [1.807, 2.05) is 0 Å². The van der Waals surface area contributed by atoms with E-state index in [-0.39, 0.29) is 0 Å². The van der Waals surface area contributed by atoms with E-state index in [4.69, 9.17) is 17.0 Å². The normalized spacial score (nSPS) is 47.8. The van der Waals surface area contributed by atoms with E-state index >= 15 is 0 Å². The van der Waals surface area contributed by atoms with Gasteiger partial charge in [-0.2, -0.15) is 0 Å². The Balaban J connectivity index is 1.90. The number of nitrogens with zero attached hydrogens (tertiary/aromatic N) is 1. The van der Waals surface area contributed by atoms with Gasteiger partial charge < -0.3 is 9.64 Å². The van der Waals surface area contributed by atoms with Crippen LogP contribution in [0.1, 0.15) is 19.3 Å². The molecule has 13 heavy (non-hydrogen) atoms. The lowest BCUT2D eigenvalue weighted by Crippen LogP contribution is -2.51. The molecule has 72 valence electrons. The topological polar surface area (TPSA) is 12.5 Å². The van der Waals surface area contributed by atoms with E-state index in [9.17, 15) is 0 Å². The molecular formula is C10H15NOS. The maximum absolute atomic E-state index is 5.51. The second-order valence-corrected chi connectivity index (χ2v) is 5.02. The number of rotatable bonds is 0. The van der Waals surface area contributed by atoms with Crippen LogP contribution in [-0.2, 0) is 4.74 Å². The molecule has 0 aromatic rings. The van der Waals surface area contributed by atoms with Crippen molar-refractivity contribution in [2.24, 2.45) is 17.8 Å². The maximum Gasteiger partial charge on any atom is 0.259 e. The smallest absolute Gasteiger partial charge is 0.259 e. The van der Waals surface area contributed by atoms with Crippen LogP contribution in [0.4, 0.5) is 0 Å². The van der Waals surface area contributed by atoms with Gasteiger partial charge in [-0.05, 0) is 43.3 Å². The lowest BCUT2D eigenvalue weighted by Gasteiger charge is -2.42. The molecule has 3 rings (SSSR count). The Labute approximate surface area is 84.2 Å². The van der Waals surface area contributed by atoms with Crippen LogP contribution >= 0.6 is 12.2 Å². The van der Waals surface area contributed by atoms with Crippen molar-refractivity contribution in [1.29, 1.82) is 0 Å². The molecule has 2 bridgehead atoms. The molecular weight excluding hydrogens is 182 g/mol. The van der Waals surface area contributed by atoms with Gasteiger partial charge >= 0.3 is 0 Å². The molecule has 2 aliphatic carbocycles. The fourth-order valence-corrected chi connectivity index (χ4v) is 3.80. The molecule has 4 atom stereocenters. The third-order valence-corrected chi connectivity index (χ3v) is 4.58. The summed E-state index contributed by atoms with van der Waals surface area (Å²) in [4.78, 5) is 2.20. The van der Waals surface area contributed by atoms with Crippen LogP contribution in [0, 0.1) is 17.8 Å². The predicted molar refractivity (Wildman–Crippen MR) is 54.4 cm³/mol. The summed E-state index contributed by atoms with van der Waals surface area (Å²) in [5.74, 6) is 2.61. The van der Waals surface area contributed by atoms with Crippen LogP contribution in [0.5, 0.6) is 0 Å². The molecule has 3 heteroatoms. The lowest BCUT2D eigenvalue weighted by atomic mass is 9.84. The Bertz CT molecular complexity index is 255. The van der Waals surface area contributed by atoms with Gasteiger partial charge in [0.25, 0.3) is 5.17 Å². The van der Waals surface area contributed by atoms with Gasteiger partial charge in [0.15, 0.2) is 0 Å². The number of hydrogen-bond acceptors (Lipinski definition) is 2. The quantitative estimate of drug-likeness (QED) is 0.548. The molecule has 3 aliphatic rings. The van der Waals surface area contributed by atoms with E-state index in [1.54, 1.807) is 0 Å². The van der Waals surface area contributed by atoms with Gasteiger partial charge in [0.2, 0.25) is 0 Å². The minimum absolute atomic E-state index is 0.708. The number of thiocarbonyl (C=S) groups is 1. The molecule has 0 spiro atoms. The summed E-state index contributed by atoms with van der Waals surface area (Å²) in [6.45, 7) is 0.884. The molecule has 1 heterocycles. The van der Waals surface area contributed by atoms with Crippen molar-refractivity contribution in [3.8, 4) is 0 Å². The van der Waals surface area contributed by atoms with Crippen molar-refractivity contribution in [2.45, 2.75) is 25.3 Å². The van der Waals surface area contributed by atoms with E-state index in [0.29, 0.717) is 11.2 Å². The summed E-state index contributed by atoms with van der Waals surface area (Å²) in [6, 6.07) is 0.708. The molecule has 2 saturated carbocycles. The van der Waals surface area contributed by atoms with Crippen molar-refractivity contribution >= 4 is 17.4 Å². The fourth-order valence-electron chi connectivity index (χ4n) is 3.61. The molecule has 0 aromatic heterocycles. The van der Waals surface area contributed by atoms with Crippen molar-refractivity contribution < 1.29 is 4.74 Å². The maximum atomic E-state index is 5.51. The van der Waals surface area contributed by atoms with E-state index in [0.717, 1.165) is 24.4 Å². The number of hydrogen-bond donors (Lipinski definition) is 0. The highest BCUT2D eigenvalue weighted by molar-refractivity contribution is 7.80. The highest BCUT2D eigenvalue weighted by atomic mass is 32.1. The lowest BCUT2D eigenvalue weighted by molar-refractivity contribution is 0.0524. The Kier molecular flexibility index (Phi) is 1.60. The minimum Gasteiger partial charge on any atom is -0.471 e. The molecule has 1 saturated heterocycles. The van der Waals surface area contributed by atoms with Gasteiger partial charge in [0, 0.05) is 19.0 Å². The Hall–Kier alpha value is -0.310. The second kappa shape index (κ2) is 2.59. The molecule has 0 aromatic carbocycles. The van der Waals surface area contributed by atoms with E-state index < -0.39 is 0 Å². The SMILES string of the molecule is CN1C(=S)OC[C@H]2C3CCC(C3)[C@H]21. The Morgan fingerprint density at radius 3 is 3.00 bits per heavy atom. The van der Waals surface area contributed by atoms with Crippen molar-refractivity contribution in [1.82, 2.24) is 4.90 Å². The summed E-state index contributed by atoms with van der Waals surface area (Å²) in [7, 11) is 2.10. The summed E-state index contributed by atoms with van der Waals surface area (Å²) < 4.78 is 5.51. The third-order valence-electron chi connectivity index (χ3n) is 4.18. The first-order valence-corrected chi connectivity index (χ1v) is 5.58. The summed E-state index contributed by atoms with van der Waals surface area (Å²) in [6.07, 6.45) is 4.26. The zero-order valence-electron chi connectivity index (χ0n) is 7.90. The Morgan fingerprint density at radius 1 is 1.38 bits per heavy atom. The van der Waals surface area contributed by atoms with Crippen LogP contribution in [0.3, 0.4) is 0 Å². The zero-order chi connectivity index (χ0) is 9.00. The third kappa shape index (κ3) is 0.967. The summed E-state index contributed by atoms with van der Waals surface area (Å²) in [5, 5.41) is 0.716. The van der Waals surface area contributed by atoms with Crippen molar-refractivity contribution in [3.05, 3.63) is 0 Å². The van der Waals surface area contributed by atoms with Crippen molar-refractivity contribution in [3.63, 3.8) is 0 Å². The molecule has 0 radical (unpaired) electrons. The first kappa shape index (κ1) is 8.04. The number of ether oxygens (including phenoxy) is 1. The van der Waals surface area contributed by atoms with Crippen LogP contribution in [0.15, 0.2) is 0 Å². The standard InChI is InChI=1S/C10H15NOS/c1-11-9-7-3-2-6(4-7)8(9)5-12-10(11)13/h6-9H,2-5H2,1H3/t6?,7?,8-,9+/m0/s1. The highest BCUT2D eigenvalue weighted by Crippen LogP contribution is 2.51. The summed E-state index contributed by atoms with van der Waals surface area (Å²) in [5.41, 5.74) is 0. The van der Waals surface area contributed by atoms with Gasteiger partial charge in [0.05, 0.1) is 6.61 Å². The van der Waals surface area contributed by atoms with Gasteiger partial charge in [-0.1, -0.05) is 0 Å². The van der Waals surface area contributed by atoms with Gasteiger partial charge in [-0.25, -0.2) is 0 Å². The average Bonchev–Trinajstić information content (AvgIpc) is 2.70. The molecule has 2 nitrogen and oxygen atoms in total. The predicted octanol–water partition coefficient (Wildman–Crippen LogP) is 1.65. The molecule has 2 unspecified atom stereocenters. The first-order chi connectivity index (χ1) is 6.27. The van der Waals surface area contributed by atoms with Crippen LogP contribution in [0.25, 0.3) is 0 Å². The van der Waals surface area contributed by atoms with Gasteiger partial charge in [-0.3, -0.25) is 0 Å². The van der Waals surface area contributed by atoms with E-state index in [1.165, 1.54) is 19.3 Å². The highest BCUT2D eigenvalue weighted by Gasteiger charge is 2.52. The zero-order valence-corrected chi connectivity index (χ0v) is 8.72. The van der Waals surface area contributed by atoms with Crippen LogP contribution < -0.4 is 0 Å². The van der Waals surface area contributed by atoms with E-state index in [2.05, 4.69) is 11.9 Å².